The summed E-state index contributed by atoms with van der Waals surface area (Å²) in [4.78, 5) is 26.1. The Morgan fingerprint density at radius 2 is 1.75 bits per heavy atom. The van der Waals surface area contributed by atoms with E-state index in [0.717, 1.165) is 5.69 Å². The topological polar surface area (TPSA) is 66.8 Å². The lowest BCUT2D eigenvalue weighted by molar-refractivity contribution is -0.122. The number of carbonyl (C=O) groups excluding carboxylic acids is 2. The van der Waals surface area contributed by atoms with Crippen LogP contribution in [0.2, 0.25) is 0 Å². The second-order valence-corrected chi connectivity index (χ2v) is 5.74. The van der Waals surface area contributed by atoms with Crippen molar-refractivity contribution in [2.75, 3.05) is 11.5 Å². The van der Waals surface area contributed by atoms with E-state index in [1.807, 2.05) is 44.2 Å². The first-order valence-corrected chi connectivity index (χ1v) is 7.74. The molecule has 5 heteroatoms. The van der Waals surface area contributed by atoms with Gasteiger partial charge in [0, 0.05) is 11.7 Å². The highest BCUT2D eigenvalue weighted by Gasteiger charge is 2.21. The number of anilines is 1. The first-order chi connectivity index (χ1) is 11.4. The molecule has 5 nitrogen and oxygen atoms in total. The van der Waals surface area contributed by atoms with Crippen molar-refractivity contribution in [3.63, 3.8) is 0 Å². The quantitative estimate of drug-likeness (QED) is 0.856. The molecule has 0 unspecified atom stereocenters. The number of hydrogen-bond acceptors (Lipinski definition) is 4. The van der Waals surface area contributed by atoms with Crippen LogP contribution in [0.4, 0.5) is 5.69 Å². The Kier molecular flexibility index (Phi) is 5.58. The molecule has 0 aliphatic heterocycles. The molecule has 0 atom stereocenters. The maximum atomic E-state index is 12.5. The molecule has 0 aliphatic carbocycles. The molecule has 1 N–H and O–H groups in total. The Balaban J connectivity index is 2.08. The SMILES string of the molecule is Cc1cccc(C(=O)OCC(=O)N(c2ccccc2)C(C)C)c1O. The van der Waals surface area contributed by atoms with Crippen molar-refractivity contribution in [1.82, 2.24) is 0 Å². The predicted molar refractivity (Wildman–Crippen MR) is 92.2 cm³/mol. The van der Waals surface area contributed by atoms with Gasteiger partial charge in [-0.3, -0.25) is 4.79 Å². The Bertz CT molecular complexity index is 725. The van der Waals surface area contributed by atoms with Gasteiger partial charge in [0.05, 0.1) is 0 Å². The van der Waals surface area contributed by atoms with E-state index in [-0.39, 0.29) is 29.9 Å². The molecule has 0 radical (unpaired) electrons. The van der Waals surface area contributed by atoms with Crippen LogP contribution in [0.25, 0.3) is 0 Å². The maximum Gasteiger partial charge on any atom is 0.342 e. The van der Waals surface area contributed by atoms with E-state index in [1.54, 1.807) is 24.0 Å². The molecule has 0 saturated heterocycles. The highest BCUT2D eigenvalue weighted by atomic mass is 16.5. The predicted octanol–water partition coefficient (Wildman–Crippen LogP) is 3.30. The van der Waals surface area contributed by atoms with Gasteiger partial charge < -0.3 is 14.7 Å². The minimum absolute atomic E-state index is 0.0543. The lowest BCUT2D eigenvalue weighted by Crippen LogP contribution is -2.39. The van der Waals surface area contributed by atoms with Crippen LogP contribution >= 0.6 is 0 Å². The lowest BCUT2D eigenvalue weighted by atomic mass is 10.1. The number of amides is 1. The lowest BCUT2D eigenvalue weighted by Gasteiger charge is -2.26. The van der Waals surface area contributed by atoms with E-state index in [9.17, 15) is 14.7 Å². The summed E-state index contributed by atoms with van der Waals surface area (Å²) in [6.45, 7) is 5.07. The molecule has 0 saturated carbocycles. The Morgan fingerprint density at radius 1 is 1.08 bits per heavy atom. The average molecular weight is 327 g/mol. The minimum Gasteiger partial charge on any atom is -0.507 e. The van der Waals surface area contributed by atoms with Crippen LogP contribution in [0.1, 0.15) is 29.8 Å². The van der Waals surface area contributed by atoms with Crippen molar-refractivity contribution in [1.29, 1.82) is 0 Å². The third kappa shape index (κ3) is 3.93. The summed E-state index contributed by atoms with van der Waals surface area (Å²) < 4.78 is 5.09. The second-order valence-electron chi connectivity index (χ2n) is 5.74. The zero-order chi connectivity index (χ0) is 17.7. The van der Waals surface area contributed by atoms with Gasteiger partial charge in [-0.05, 0) is 44.5 Å². The van der Waals surface area contributed by atoms with Crippen LogP contribution in [0.15, 0.2) is 48.5 Å². The van der Waals surface area contributed by atoms with Gasteiger partial charge in [-0.15, -0.1) is 0 Å². The van der Waals surface area contributed by atoms with E-state index in [4.69, 9.17) is 4.74 Å². The van der Waals surface area contributed by atoms with Crippen LogP contribution < -0.4 is 4.90 Å². The molecule has 24 heavy (non-hydrogen) atoms. The molecule has 0 fully saturated rings. The van der Waals surface area contributed by atoms with Crippen molar-refractivity contribution in [2.24, 2.45) is 0 Å². The molecule has 0 heterocycles. The Hall–Kier alpha value is -2.82. The van der Waals surface area contributed by atoms with Gasteiger partial charge >= 0.3 is 5.97 Å². The molecule has 0 bridgehead atoms. The standard InChI is InChI=1S/C19H21NO4/c1-13(2)20(15-9-5-4-6-10-15)17(21)12-24-19(23)16-11-7-8-14(3)18(16)22/h4-11,13,22H,12H2,1-3H3. The number of nitrogens with zero attached hydrogens (tertiary/aromatic N) is 1. The highest BCUT2D eigenvalue weighted by Crippen LogP contribution is 2.22. The molecule has 2 rings (SSSR count). The van der Waals surface area contributed by atoms with Crippen molar-refractivity contribution < 1.29 is 19.4 Å². The monoisotopic (exact) mass is 327 g/mol. The number of phenolic OH excluding ortho intramolecular Hbond substituents is 1. The molecular weight excluding hydrogens is 306 g/mol. The largest absolute Gasteiger partial charge is 0.507 e. The van der Waals surface area contributed by atoms with Gasteiger partial charge in [-0.1, -0.05) is 30.3 Å². The number of hydrogen-bond donors (Lipinski definition) is 1. The molecule has 1 amide bonds. The summed E-state index contributed by atoms with van der Waals surface area (Å²) in [5.74, 6) is -1.17. The molecular formula is C19H21NO4. The van der Waals surface area contributed by atoms with E-state index < -0.39 is 5.97 Å². The number of para-hydroxylation sites is 2. The normalized spacial score (nSPS) is 10.5. The number of carbonyl (C=O) groups is 2. The molecule has 0 aliphatic rings. The van der Waals surface area contributed by atoms with Crippen molar-refractivity contribution in [3.8, 4) is 5.75 Å². The second kappa shape index (κ2) is 7.64. The van der Waals surface area contributed by atoms with Crippen molar-refractivity contribution in [3.05, 3.63) is 59.7 Å². The smallest absolute Gasteiger partial charge is 0.342 e. The number of esters is 1. The number of ether oxygens (including phenoxy) is 1. The van der Waals surface area contributed by atoms with Crippen molar-refractivity contribution >= 4 is 17.6 Å². The van der Waals surface area contributed by atoms with Crippen LogP contribution in [-0.2, 0) is 9.53 Å². The first-order valence-electron chi connectivity index (χ1n) is 7.74. The summed E-state index contributed by atoms with van der Waals surface area (Å²) in [5, 5.41) is 9.91. The zero-order valence-electron chi connectivity index (χ0n) is 14.0. The number of phenols is 1. The fourth-order valence-corrected chi connectivity index (χ4v) is 2.42. The summed E-state index contributed by atoms with van der Waals surface area (Å²) in [6.07, 6.45) is 0. The summed E-state index contributed by atoms with van der Waals surface area (Å²) >= 11 is 0. The van der Waals surface area contributed by atoms with E-state index >= 15 is 0 Å². The van der Waals surface area contributed by atoms with Gasteiger partial charge in [-0.25, -0.2) is 4.79 Å². The number of aryl methyl sites for hydroxylation is 1. The fraction of sp³-hybridized carbons (Fsp3) is 0.263. The number of rotatable bonds is 5. The average Bonchev–Trinajstić information content (AvgIpc) is 2.56. The Morgan fingerprint density at radius 3 is 2.38 bits per heavy atom. The zero-order valence-corrected chi connectivity index (χ0v) is 14.0. The molecule has 0 spiro atoms. The molecule has 2 aromatic rings. The van der Waals surface area contributed by atoms with E-state index in [1.165, 1.54) is 6.07 Å². The van der Waals surface area contributed by atoms with Gasteiger partial charge in [0.1, 0.15) is 11.3 Å². The third-order valence-electron chi connectivity index (χ3n) is 3.60. The van der Waals surface area contributed by atoms with Crippen molar-refractivity contribution in [2.45, 2.75) is 26.8 Å². The number of aromatic hydroxyl groups is 1. The van der Waals surface area contributed by atoms with E-state index in [0.29, 0.717) is 5.56 Å². The summed E-state index contributed by atoms with van der Waals surface area (Å²) in [5.41, 5.74) is 1.37. The first kappa shape index (κ1) is 17.5. The fourth-order valence-electron chi connectivity index (χ4n) is 2.42. The van der Waals surface area contributed by atoms with Crippen LogP contribution in [0.5, 0.6) is 5.75 Å². The summed E-state index contributed by atoms with van der Waals surface area (Å²) in [6, 6.07) is 13.9. The van der Waals surface area contributed by atoms with Crippen LogP contribution in [0, 0.1) is 6.92 Å². The highest BCUT2D eigenvalue weighted by molar-refractivity contribution is 5.98. The minimum atomic E-state index is -0.721. The van der Waals surface area contributed by atoms with Gasteiger partial charge in [0.2, 0.25) is 0 Å². The maximum absolute atomic E-state index is 12.5. The van der Waals surface area contributed by atoms with Gasteiger partial charge in [0.15, 0.2) is 6.61 Å². The number of benzene rings is 2. The summed E-state index contributed by atoms with van der Waals surface area (Å²) in [7, 11) is 0. The Labute approximate surface area is 141 Å². The van der Waals surface area contributed by atoms with Crippen LogP contribution in [-0.4, -0.2) is 29.6 Å². The molecule has 2 aromatic carbocycles. The third-order valence-corrected chi connectivity index (χ3v) is 3.60. The molecule has 0 aromatic heterocycles. The molecule has 126 valence electrons. The van der Waals surface area contributed by atoms with E-state index in [2.05, 4.69) is 0 Å². The van der Waals surface area contributed by atoms with Gasteiger partial charge in [-0.2, -0.15) is 0 Å². The van der Waals surface area contributed by atoms with Crippen LogP contribution in [0.3, 0.4) is 0 Å². The van der Waals surface area contributed by atoms with Gasteiger partial charge in [0.25, 0.3) is 5.91 Å².